The number of methoxy groups -OCH3 is 2. The van der Waals surface area contributed by atoms with Gasteiger partial charge >= 0.3 is 0 Å². The van der Waals surface area contributed by atoms with E-state index < -0.39 is 5.60 Å². The van der Waals surface area contributed by atoms with Crippen molar-refractivity contribution < 1.29 is 14.6 Å². The van der Waals surface area contributed by atoms with Gasteiger partial charge in [0.1, 0.15) is 0 Å². The van der Waals surface area contributed by atoms with Gasteiger partial charge in [-0.25, -0.2) is 0 Å². The molecular weight excluding hydrogens is 204 g/mol. The van der Waals surface area contributed by atoms with E-state index in [1.807, 2.05) is 19.9 Å². The molecule has 0 spiro atoms. The minimum atomic E-state index is -0.881. The van der Waals surface area contributed by atoms with Crippen molar-refractivity contribution in [2.45, 2.75) is 33.3 Å². The van der Waals surface area contributed by atoms with Crippen LogP contribution in [0.4, 0.5) is 0 Å². The fourth-order valence-corrected chi connectivity index (χ4v) is 2.28. The third-order valence-electron chi connectivity index (χ3n) is 2.72. The van der Waals surface area contributed by atoms with Gasteiger partial charge in [0.15, 0.2) is 11.5 Å². The van der Waals surface area contributed by atoms with Crippen LogP contribution in [0.3, 0.4) is 0 Å². The van der Waals surface area contributed by atoms with Crippen molar-refractivity contribution in [3.8, 4) is 11.5 Å². The van der Waals surface area contributed by atoms with Crippen LogP contribution in [0.2, 0.25) is 0 Å². The lowest BCUT2D eigenvalue weighted by molar-refractivity contribution is 0.0768. The van der Waals surface area contributed by atoms with Crippen molar-refractivity contribution in [3.05, 3.63) is 22.8 Å². The first-order valence-electron chi connectivity index (χ1n) is 5.28. The number of hydrogen-bond donors (Lipinski definition) is 1. The smallest absolute Gasteiger partial charge is 0.164 e. The zero-order valence-corrected chi connectivity index (χ0v) is 10.8. The second-order valence-electron chi connectivity index (χ2n) is 4.49. The van der Waals surface area contributed by atoms with E-state index in [9.17, 15) is 5.11 Å². The van der Waals surface area contributed by atoms with Gasteiger partial charge < -0.3 is 14.6 Å². The van der Waals surface area contributed by atoms with Crippen molar-refractivity contribution >= 4 is 0 Å². The maximum atomic E-state index is 10.1. The lowest BCUT2D eigenvalue weighted by Crippen LogP contribution is -2.19. The number of rotatable bonds is 3. The molecule has 1 aromatic rings. The largest absolute Gasteiger partial charge is 0.493 e. The summed E-state index contributed by atoms with van der Waals surface area (Å²) in [5.74, 6) is 1.38. The molecule has 0 saturated heterocycles. The van der Waals surface area contributed by atoms with Gasteiger partial charge in [0.05, 0.1) is 19.8 Å². The maximum Gasteiger partial charge on any atom is 0.164 e. The van der Waals surface area contributed by atoms with Crippen molar-refractivity contribution in [2.75, 3.05) is 14.2 Å². The third-order valence-corrected chi connectivity index (χ3v) is 2.72. The number of aryl methyl sites for hydroxylation is 1. The maximum absolute atomic E-state index is 10.1. The molecule has 0 aliphatic rings. The van der Waals surface area contributed by atoms with Crippen LogP contribution < -0.4 is 9.47 Å². The predicted molar refractivity (Wildman–Crippen MR) is 64.3 cm³/mol. The van der Waals surface area contributed by atoms with E-state index in [0.29, 0.717) is 11.5 Å². The Morgan fingerprint density at radius 3 is 2.06 bits per heavy atom. The molecule has 0 saturated carbocycles. The van der Waals surface area contributed by atoms with Gasteiger partial charge in [-0.05, 0) is 44.9 Å². The molecule has 0 heterocycles. The highest BCUT2D eigenvalue weighted by molar-refractivity contribution is 5.55. The average molecular weight is 224 g/mol. The number of hydrogen-bond acceptors (Lipinski definition) is 3. The minimum Gasteiger partial charge on any atom is -0.493 e. The van der Waals surface area contributed by atoms with Crippen molar-refractivity contribution in [2.24, 2.45) is 0 Å². The summed E-state index contributed by atoms with van der Waals surface area (Å²) >= 11 is 0. The molecule has 1 N–H and O–H groups in total. The molecule has 0 unspecified atom stereocenters. The van der Waals surface area contributed by atoms with Crippen molar-refractivity contribution in [3.63, 3.8) is 0 Å². The topological polar surface area (TPSA) is 38.7 Å². The quantitative estimate of drug-likeness (QED) is 0.857. The fraction of sp³-hybridized carbons (Fsp3) is 0.538. The van der Waals surface area contributed by atoms with Crippen LogP contribution >= 0.6 is 0 Å². The molecule has 3 heteroatoms. The normalized spacial score (nSPS) is 11.4. The molecule has 0 aliphatic heterocycles. The Bertz CT molecular complexity index is 389. The summed E-state index contributed by atoms with van der Waals surface area (Å²) < 4.78 is 10.6. The summed E-state index contributed by atoms with van der Waals surface area (Å²) in [6, 6.07) is 1.89. The number of benzene rings is 1. The average Bonchev–Trinajstić information content (AvgIpc) is 2.14. The van der Waals surface area contributed by atoms with E-state index in [-0.39, 0.29) is 0 Å². The van der Waals surface area contributed by atoms with Crippen LogP contribution in [-0.2, 0) is 5.60 Å². The molecule has 16 heavy (non-hydrogen) atoms. The first-order valence-corrected chi connectivity index (χ1v) is 5.28. The second-order valence-corrected chi connectivity index (χ2v) is 4.49. The molecule has 3 nitrogen and oxygen atoms in total. The van der Waals surface area contributed by atoms with Crippen LogP contribution in [0, 0.1) is 13.8 Å². The SMILES string of the molecule is COc1cc(C)c(C(C)(C)O)c(C)c1OC. The highest BCUT2D eigenvalue weighted by Gasteiger charge is 2.25. The molecular formula is C13H20O3. The lowest BCUT2D eigenvalue weighted by atomic mass is 9.89. The van der Waals surface area contributed by atoms with E-state index >= 15 is 0 Å². The summed E-state index contributed by atoms with van der Waals surface area (Å²) in [6.07, 6.45) is 0. The zero-order chi connectivity index (χ0) is 12.5. The lowest BCUT2D eigenvalue weighted by Gasteiger charge is -2.25. The summed E-state index contributed by atoms with van der Waals surface area (Å²) in [5, 5.41) is 10.1. The predicted octanol–water partition coefficient (Wildman–Crippen LogP) is 2.55. The third kappa shape index (κ3) is 2.14. The molecule has 0 bridgehead atoms. The monoisotopic (exact) mass is 224 g/mol. The van der Waals surface area contributed by atoms with Gasteiger partial charge in [0.2, 0.25) is 0 Å². The summed E-state index contributed by atoms with van der Waals surface area (Å²) in [4.78, 5) is 0. The molecule has 0 aliphatic carbocycles. The Morgan fingerprint density at radius 1 is 1.12 bits per heavy atom. The van der Waals surface area contributed by atoms with Crippen molar-refractivity contribution in [1.82, 2.24) is 0 Å². The van der Waals surface area contributed by atoms with Crippen LogP contribution in [0.15, 0.2) is 6.07 Å². The summed E-state index contributed by atoms with van der Waals surface area (Å²) in [5.41, 5.74) is 1.94. The standard InChI is InChI=1S/C13H20O3/c1-8-7-10(15-5)12(16-6)9(2)11(8)13(3,4)14/h7,14H,1-6H3. The summed E-state index contributed by atoms with van der Waals surface area (Å²) in [6.45, 7) is 7.44. The van der Waals surface area contributed by atoms with Gasteiger partial charge in [-0.2, -0.15) is 0 Å². The molecule has 0 atom stereocenters. The molecule has 90 valence electrons. The van der Waals surface area contributed by atoms with Gasteiger partial charge in [0.25, 0.3) is 0 Å². The first kappa shape index (κ1) is 12.8. The number of aliphatic hydroxyl groups is 1. The molecule has 0 amide bonds. The van der Waals surface area contributed by atoms with Crippen LogP contribution in [0.25, 0.3) is 0 Å². The second kappa shape index (κ2) is 4.34. The van der Waals surface area contributed by atoms with Gasteiger partial charge in [-0.1, -0.05) is 0 Å². The number of ether oxygens (including phenoxy) is 2. The molecule has 1 aromatic carbocycles. The van der Waals surface area contributed by atoms with Crippen molar-refractivity contribution in [1.29, 1.82) is 0 Å². The van der Waals surface area contributed by atoms with E-state index in [2.05, 4.69) is 0 Å². The molecule has 0 aromatic heterocycles. The van der Waals surface area contributed by atoms with E-state index in [4.69, 9.17) is 9.47 Å². The van der Waals surface area contributed by atoms with Crippen LogP contribution in [0.5, 0.6) is 11.5 Å². The van der Waals surface area contributed by atoms with Crippen LogP contribution in [0.1, 0.15) is 30.5 Å². The minimum absolute atomic E-state index is 0.685. The van der Waals surface area contributed by atoms with Gasteiger partial charge in [-0.15, -0.1) is 0 Å². The molecule has 0 radical (unpaired) electrons. The molecule has 1 rings (SSSR count). The van der Waals surface area contributed by atoms with E-state index in [1.165, 1.54) is 0 Å². The Hall–Kier alpha value is -1.22. The Balaban J connectivity index is 3.54. The Morgan fingerprint density at radius 2 is 1.69 bits per heavy atom. The van der Waals surface area contributed by atoms with E-state index in [0.717, 1.165) is 16.7 Å². The Labute approximate surface area is 97.0 Å². The first-order chi connectivity index (χ1) is 7.32. The highest BCUT2D eigenvalue weighted by Crippen LogP contribution is 2.39. The zero-order valence-electron chi connectivity index (χ0n) is 10.8. The van der Waals surface area contributed by atoms with E-state index in [1.54, 1.807) is 28.1 Å². The highest BCUT2D eigenvalue weighted by atomic mass is 16.5. The van der Waals surface area contributed by atoms with Gasteiger partial charge in [0, 0.05) is 5.56 Å². The molecule has 0 fully saturated rings. The fourth-order valence-electron chi connectivity index (χ4n) is 2.28. The van der Waals surface area contributed by atoms with Crippen LogP contribution in [-0.4, -0.2) is 19.3 Å². The summed E-state index contributed by atoms with van der Waals surface area (Å²) in [7, 11) is 3.22. The Kier molecular flexibility index (Phi) is 3.48. The van der Waals surface area contributed by atoms with Gasteiger partial charge in [-0.3, -0.25) is 0 Å².